The van der Waals surface area contributed by atoms with E-state index >= 15 is 0 Å². The van der Waals surface area contributed by atoms with Gasteiger partial charge in [0.25, 0.3) is 0 Å². The number of carbonyl (C=O) groups is 1. The number of nitrogens with two attached hydrogens (primary N) is 1. The molecule has 1 aromatic rings. The first-order valence-electron chi connectivity index (χ1n) is 2.67. The maximum Gasteiger partial charge on any atom is 0.340 e. The zero-order valence-corrected chi connectivity index (χ0v) is 7.50. The summed E-state index contributed by atoms with van der Waals surface area (Å²) in [6, 6.07) is 1.64. The van der Waals surface area contributed by atoms with Crippen molar-refractivity contribution in [3.63, 3.8) is 0 Å². The van der Waals surface area contributed by atoms with Crippen LogP contribution in [0.25, 0.3) is 0 Å². The molecule has 0 unspecified atom stereocenters. The van der Waals surface area contributed by atoms with E-state index in [4.69, 9.17) is 5.73 Å². The van der Waals surface area contributed by atoms with E-state index in [2.05, 4.69) is 4.74 Å². The minimum atomic E-state index is -0.376. The first kappa shape index (κ1) is 10.3. The van der Waals surface area contributed by atoms with Crippen molar-refractivity contribution in [3.05, 3.63) is 17.0 Å². The van der Waals surface area contributed by atoms with Crippen LogP contribution in [0.5, 0.6) is 0 Å². The maximum atomic E-state index is 10.8. The second-order valence-electron chi connectivity index (χ2n) is 1.69. The maximum absolute atomic E-state index is 10.8. The van der Waals surface area contributed by atoms with E-state index in [1.807, 2.05) is 0 Å². The lowest BCUT2D eigenvalue weighted by atomic mass is 10.3. The summed E-state index contributed by atoms with van der Waals surface area (Å²) in [5.74, 6) is -0.376. The third-order valence-corrected chi connectivity index (χ3v) is 1.85. The lowest BCUT2D eigenvalue weighted by molar-refractivity contribution is 0.0602. The monoisotopic (exact) mass is 193 g/mol. The zero-order chi connectivity index (χ0) is 7.56. The van der Waals surface area contributed by atoms with Crippen molar-refractivity contribution in [2.45, 2.75) is 0 Å². The van der Waals surface area contributed by atoms with E-state index in [0.29, 0.717) is 10.6 Å². The molecule has 0 aliphatic rings. The second-order valence-corrected chi connectivity index (χ2v) is 2.64. The van der Waals surface area contributed by atoms with E-state index in [9.17, 15) is 4.79 Å². The van der Waals surface area contributed by atoms with Crippen LogP contribution in [0.3, 0.4) is 0 Å². The van der Waals surface area contributed by atoms with Gasteiger partial charge >= 0.3 is 5.97 Å². The number of rotatable bonds is 1. The van der Waals surface area contributed by atoms with Gasteiger partial charge in [0, 0.05) is 0 Å². The predicted octanol–water partition coefficient (Wildman–Crippen LogP) is 1.54. The van der Waals surface area contributed by atoms with Crippen LogP contribution in [0, 0.1) is 0 Å². The molecule has 0 saturated carbocycles. The van der Waals surface area contributed by atoms with Gasteiger partial charge in [0.05, 0.1) is 12.7 Å². The number of hydrogen-bond donors (Lipinski definition) is 1. The van der Waals surface area contributed by atoms with Crippen LogP contribution in [0.15, 0.2) is 11.4 Å². The Kier molecular flexibility index (Phi) is 3.92. The molecule has 0 bridgehead atoms. The Hall–Kier alpha value is -0.740. The highest BCUT2D eigenvalue weighted by Gasteiger charge is 2.09. The topological polar surface area (TPSA) is 52.3 Å². The average molecular weight is 194 g/mol. The van der Waals surface area contributed by atoms with Crippen LogP contribution < -0.4 is 5.73 Å². The Balaban J connectivity index is 0.000001000. The van der Waals surface area contributed by atoms with Gasteiger partial charge in [0.1, 0.15) is 5.00 Å². The minimum absolute atomic E-state index is 0. The van der Waals surface area contributed by atoms with Gasteiger partial charge in [0.2, 0.25) is 0 Å². The summed E-state index contributed by atoms with van der Waals surface area (Å²) in [5.41, 5.74) is 5.89. The van der Waals surface area contributed by atoms with Crippen molar-refractivity contribution in [2.75, 3.05) is 12.8 Å². The zero-order valence-electron chi connectivity index (χ0n) is 5.87. The summed E-state index contributed by atoms with van der Waals surface area (Å²) in [5, 5.41) is 2.26. The molecule has 0 aliphatic carbocycles. The first-order chi connectivity index (χ1) is 4.75. The van der Waals surface area contributed by atoms with E-state index in [0.717, 1.165) is 0 Å². The van der Waals surface area contributed by atoms with Crippen LogP contribution in [0.4, 0.5) is 5.00 Å². The third kappa shape index (κ3) is 2.10. The molecule has 0 spiro atoms. The Labute approximate surface area is 74.6 Å². The normalized spacial score (nSPS) is 8.45. The summed E-state index contributed by atoms with van der Waals surface area (Å²) in [6.45, 7) is 0. The summed E-state index contributed by atoms with van der Waals surface area (Å²) in [6.07, 6.45) is 0. The molecule has 0 radical (unpaired) electrons. The molecule has 1 rings (SSSR count). The van der Waals surface area contributed by atoms with Crippen molar-refractivity contribution in [1.82, 2.24) is 0 Å². The van der Waals surface area contributed by atoms with Gasteiger partial charge in [-0.25, -0.2) is 4.79 Å². The van der Waals surface area contributed by atoms with Crippen LogP contribution in [-0.4, -0.2) is 13.1 Å². The molecule has 3 nitrogen and oxygen atoms in total. The smallest absolute Gasteiger partial charge is 0.340 e. The lowest BCUT2D eigenvalue weighted by Gasteiger charge is -1.94. The van der Waals surface area contributed by atoms with Gasteiger partial charge in [-0.15, -0.1) is 23.7 Å². The van der Waals surface area contributed by atoms with Crippen molar-refractivity contribution < 1.29 is 9.53 Å². The molecule has 1 heterocycles. The average Bonchev–Trinajstić information content (AvgIpc) is 2.34. The van der Waals surface area contributed by atoms with Crippen molar-refractivity contribution in [3.8, 4) is 0 Å². The van der Waals surface area contributed by atoms with Gasteiger partial charge in [-0.05, 0) is 11.4 Å². The number of hydrogen-bond acceptors (Lipinski definition) is 4. The van der Waals surface area contributed by atoms with Crippen molar-refractivity contribution >= 4 is 34.7 Å². The highest BCUT2D eigenvalue weighted by atomic mass is 35.5. The molecular formula is C6H8ClNO2S. The quantitative estimate of drug-likeness (QED) is 0.689. The van der Waals surface area contributed by atoms with Gasteiger partial charge in [0.15, 0.2) is 0 Å². The lowest BCUT2D eigenvalue weighted by Crippen LogP contribution is -2.01. The molecule has 0 saturated heterocycles. The highest BCUT2D eigenvalue weighted by molar-refractivity contribution is 7.14. The molecule has 0 aromatic carbocycles. The molecule has 5 heteroatoms. The molecule has 0 fully saturated rings. The summed E-state index contributed by atoms with van der Waals surface area (Å²) in [7, 11) is 1.33. The van der Waals surface area contributed by atoms with Gasteiger partial charge in [-0.3, -0.25) is 0 Å². The largest absolute Gasteiger partial charge is 0.465 e. The molecule has 0 aliphatic heterocycles. The number of anilines is 1. The fourth-order valence-electron chi connectivity index (χ4n) is 0.600. The predicted molar refractivity (Wildman–Crippen MR) is 47.3 cm³/mol. The van der Waals surface area contributed by atoms with Gasteiger partial charge in [-0.1, -0.05) is 0 Å². The number of esters is 1. The molecule has 0 atom stereocenters. The number of halogens is 1. The SMILES string of the molecule is COC(=O)c1ccsc1N.Cl. The third-order valence-electron chi connectivity index (χ3n) is 1.10. The number of thiophene rings is 1. The standard InChI is InChI=1S/C6H7NO2S.ClH/c1-9-6(8)4-2-3-10-5(4)7;/h2-3H,7H2,1H3;1H. The van der Waals surface area contributed by atoms with Crippen LogP contribution in [0.2, 0.25) is 0 Å². The molecule has 2 N–H and O–H groups in total. The van der Waals surface area contributed by atoms with Crippen molar-refractivity contribution in [1.29, 1.82) is 0 Å². The van der Waals surface area contributed by atoms with Gasteiger partial charge < -0.3 is 10.5 Å². The summed E-state index contributed by atoms with van der Waals surface area (Å²) in [4.78, 5) is 10.8. The molecule has 1 aromatic heterocycles. The minimum Gasteiger partial charge on any atom is -0.465 e. The molecule has 11 heavy (non-hydrogen) atoms. The fraction of sp³-hybridized carbons (Fsp3) is 0.167. The Morgan fingerprint density at radius 1 is 1.73 bits per heavy atom. The first-order valence-corrected chi connectivity index (χ1v) is 3.55. The Morgan fingerprint density at radius 3 is 2.73 bits per heavy atom. The molecule has 0 amide bonds. The Bertz CT molecular complexity index is 248. The number of ether oxygens (including phenoxy) is 1. The van der Waals surface area contributed by atoms with Crippen LogP contribution in [-0.2, 0) is 4.74 Å². The summed E-state index contributed by atoms with van der Waals surface area (Å²) >= 11 is 1.33. The van der Waals surface area contributed by atoms with Crippen LogP contribution in [0.1, 0.15) is 10.4 Å². The van der Waals surface area contributed by atoms with Crippen LogP contribution >= 0.6 is 23.7 Å². The fourth-order valence-corrected chi connectivity index (χ4v) is 1.23. The number of methoxy groups -OCH3 is 1. The number of nitrogen functional groups attached to an aromatic ring is 1. The van der Waals surface area contributed by atoms with E-state index in [1.165, 1.54) is 18.4 Å². The van der Waals surface area contributed by atoms with E-state index in [-0.39, 0.29) is 18.4 Å². The molecule has 62 valence electrons. The second kappa shape index (κ2) is 4.20. The van der Waals surface area contributed by atoms with E-state index < -0.39 is 0 Å². The molecular weight excluding hydrogens is 186 g/mol. The van der Waals surface area contributed by atoms with Gasteiger partial charge in [-0.2, -0.15) is 0 Å². The van der Waals surface area contributed by atoms with E-state index in [1.54, 1.807) is 11.4 Å². The highest BCUT2D eigenvalue weighted by Crippen LogP contribution is 2.19. The summed E-state index contributed by atoms with van der Waals surface area (Å²) < 4.78 is 4.46. The van der Waals surface area contributed by atoms with Crippen molar-refractivity contribution in [2.24, 2.45) is 0 Å². The Morgan fingerprint density at radius 2 is 2.36 bits per heavy atom. The number of carbonyl (C=O) groups excluding carboxylic acids is 1.